The lowest BCUT2D eigenvalue weighted by molar-refractivity contribution is 0.0945. The molecular weight excluding hydrogens is 250 g/mol. The highest BCUT2D eigenvalue weighted by Crippen LogP contribution is 2.16. The number of anilines is 1. The van der Waals surface area contributed by atoms with Crippen molar-refractivity contribution in [1.29, 1.82) is 0 Å². The number of likely N-dealkylation sites (tertiary alicyclic amines) is 1. The van der Waals surface area contributed by atoms with Crippen molar-refractivity contribution in [2.75, 3.05) is 31.9 Å². The summed E-state index contributed by atoms with van der Waals surface area (Å²) in [6.45, 7) is 8.11. The average molecular weight is 275 g/mol. The van der Waals surface area contributed by atoms with E-state index >= 15 is 0 Å². The van der Waals surface area contributed by atoms with Gasteiger partial charge >= 0.3 is 0 Å². The van der Waals surface area contributed by atoms with Crippen LogP contribution in [0.4, 0.5) is 5.69 Å². The second-order valence-corrected chi connectivity index (χ2v) is 5.82. The summed E-state index contributed by atoms with van der Waals surface area (Å²) in [5.74, 6) is 0.776. The molecule has 0 spiro atoms. The molecule has 4 nitrogen and oxygen atoms in total. The standard InChI is InChI=1S/C16H25N3O/c1-12-6-9-19(10-7-12)11-8-18-16(20)15-13(2)4-3-5-14(15)17/h3-5,12H,6-11,17H2,1-2H3,(H,18,20). The molecule has 1 saturated heterocycles. The van der Waals surface area contributed by atoms with Crippen molar-refractivity contribution in [3.05, 3.63) is 29.3 Å². The van der Waals surface area contributed by atoms with Gasteiger partial charge < -0.3 is 16.0 Å². The third-order valence-electron chi connectivity index (χ3n) is 4.12. The van der Waals surface area contributed by atoms with E-state index in [0.29, 0.717) is 17.8 Å². The minimum atomic E-state index is -0.0639. The van der Waals surface area contributed by atoms with Crippen molar-refractivity contribution in [2.24, 2.45) is 5.92 Å². The van der Waals surface area contributed by atoms with E-state index in [1.54, 1.807) is 6.07 Å². The Bertz CT molecular complexity index is 445. The highest BCUT2D eigenvalue weighted by atomic mass is 16.1. The predicted molar refractivity (Wildman–Crippen MR) is 82.8 cm³/mol. The number of piperidine rings is 1. The molecule has 0 saturated carbocycles. The van der Waals surface area contributed by atoms with E-state index in [1.807, 2.05) is 19.1 Å². The van der Waals surface area contributed by atoms with Crippen LogP contribution in [0.3, 0.4) is 0 Å². The average Bonchev–Trinajstić information content (AvgIpc) is 2.41. The number of amides is 1. The largest absolute Gasteiger partial charge is 0.398 e. The number of nitrogens with zero attached hydrogens (tertiary/aromatic N) is 1. The molecule has 0 radical (unpaired) electrons. The summed E-state index contributed by atoms with van der Waals surface area (Å²) in [6, 6.07) is 5.56. The van der Waals surface area contributed by atoms with E-state index < -0.39 is 0 Å². The summed E-state index contributed by atoms with van der Waals surface area (Å²) in [5.41, 5.74) is 7.97. The highest BCUT2D eigenvalue weighted by molar-refractivity contribution is 6.00. The molecule has 1 aromatic rings. The summed E-state index contributed by atoms with van der Waals surface area (Å²) < 4.78 is 0. The van der Waals surface area contributed by atoms with Gasteiger partial charge in [0.2, 0.25) is 0 Å². The predicted octanol–water partition coefficient (Wildman–Crippen LogP) is 2.04. The van der Waals surface area contributed by atoms with Crippen molar-refractivity contribution >= 4 is 11.6 Å². The van der Waals surface area contributed by atoms with Crippen LogP contribution in [0.15, 0.2) is 18.2 Å². The third kappa shape index (κ3) is 3.73. The number of carbonyl (C=O) groups excluding carboxylic acids is 1. The molecular formula is C16H25N3O. The zero-order valence-electron chi connectivity index (χ0n) is 12.5. The van der Waals surface area contributed by atoms with Crippen molar-refractivity contribution < 1.29 is 4.79 Å². The topological polar surface area (TPSA) is 58.4 Å². The Morgan fingerprint density at radius 3 is 2.75 bits per heavy atom. The van der Waals surface area contributed by atoms with Crippen LogP contribution < -0.4 is 11.1 Å². The van der Waals surface area contributed by atoms with Gasteiger partial charge in [-0.25, -0.2) is 0 Å². The summed E-state index contributed by atoms with van der Waals surface area (Å²) in [5, 5.41) is 2.98. The second kappa shape index (κ2) is 6.75. The van der Waals surface area contributed by atoms with Crippen molar-refractivity contribution in [2.45, 2.75) is 26.7 Å². The first-order valence-electron chi connectivity index (χ1n) is 7.43. The first kappa shape index (κ1) is 14.9. The van der Waals surface area contributed by atoms with Gasteiger partial charge in [-0.05, 0) is 50.4 Å². The molecule has 1 aromatic carbocycles. The lowest BCUT2D eigenvalue weighted by Crippen LogP contribution is -2.39. The molecule has 0 bridgehead atoms. The van der Waals surface area contributed by atoms with Crippen molar-refractivity contribution in [1.82, 2.24) is 10.2 Å². The molecule has 0 aliphatic carbocycles. The van der Waals surface area contributed by atoms with Gasteiger partial charge in [-0.3, -0.25) is 4.79 Å². The molecule has 1 aliphatic heterocycles. The molecule has 110 valence electrons. The number of nitrogens with one attached hydrogen (secondary N) is 1. The fraction of sp³-hybridized carbons (Fsp3) is 0.562. The van der Waals surface area contributed by atoms with Gasteiger partial charge in [0, 0.05) is 18.8 Å². The maximum Gasteiger partial charge on any atom is 0.253 e. The number of aryl methyl sites for hydroxylation is 1. The van der Waals surface area contributed by atoms with Crippen LogP contribution in [-0.4, -0.2) is 37.0 Å². The van der Waals surface area contributed by atoms with Crippen LogP contribution in [0.25, 0.3) is 0 Å². The van der Waals surface area contributed by atoms with Crippen LogP contribution in [0, 0.1) is 12.8 Å². The minimum Gasteiger partial charge on any atom is -0.398 e. The Morgan fingerprint density at radius 1 is 1.40 bits per heavy atom. The Balaban J connectivity index is 1.81. The maximum absolute atomic E-state index is 12.2. The van der Waals surface area contributed by atoms with E-state index in [9.17, 15) is 4.79 Å². The minimum absolute atomic E-state index is 0.0639. The normalized spacial score (nSPS) is 17.1. The molecule has 1 heterocycles. The van der Waals surface area contributed by atoms with E-state index in [2.05, 4.69) is 17.1 Å². The SMILES string of the molecule is Cc1cccc(N)c1C(=O)NCCN1CCC(C)CC1. The second-order valence-electron chi connectivity index (χ2n) is 5.82. The lowest BCUT2D eigenvalue weighted by Gasteiger charge is -2.30. The molecule has 4 heteroatoms. The number of benzene rings is 1. The van der Waals surface area contributed by atoms with Gasteiger partial charge in [-0.1, -0.05) is 19.1 Å². The number of hydrogen-bond acceptors (Lipinski definition) is 3. The van der Waals surface area contributed by atoms with Gasteiger partial charge in [-0.15, -0.1) is 0 Å². The van der Waals surface area contributed by atoms with Crippen LogP contribution >= 0.6 is 0 Å². The third-order valence-corrected chi connectivity index (χ3v) is 4.12. The van der Waals surface area contributed by atoms with Gasteiger partial charge in [-0.2, -0.15) is 0 Å². The van der Waals surface area contributed by atoms with E-state index in [1.165, 1.54) is 12.8 Å². The van der Waals surface area contributed by atoms with Crippen molar-refractivity contribution in [3.8, 4) is 0 Å². The molecule has 0 aromatic heterocycles. The first-order chi connectivity index (χ1) is 9.58. The number of hydrogen-bond donors (Lipinski definition) is 2. The summed E-state index contributed by atoms with van der Waals surface area (Å²) in [6.07, 6.45) is 2.53. The van der Waals surface area contributed by atoms with E-state index in [0.717, 1.165) is 31.1 Å². The Morgan fingerprint density at radius 2 is 2.10 bits per heavy atom. The first-order valence-corrected chi connectivity index (χ1v) is 7.43. The molecule has 3 N–H and O–H groups in total. The Hall–Kier alpha value is -1.55. The molecule has 0 atom stereocenters. The zero-order chi connectivity index (χ0) is 14.5. The molecule has 2 rings (SSSR count). The van der Waals surface area contributed by atoms with Crippen LogP contribution in [0.1, 0.15) is 35.7 Å². The zero-order valence-corrected chi connectivity index (χ0v) is 12.5. The number of carbonyl (C=O) groups is 1. The lowest BCUT2D eigenvalue weighted by atomic mass is 9.99. The Labute approximate surface area is 121 Å². The van der Waals surface area contributed by atoms with Gasteiger partial charge in [0.25, 0.3) is 5.91 Å². The van der Waals surface area contributed by atoms with Crippen LogP contribution in [0.5, 0.6) is 0 Å². The molecule has 1 aliphatic rings. The molecule has 1 fully saturated rings. The van der Waals surface area contributed by atoms with Crippen LogP contribution in [0.2, 0.25) is 0 Å². The molecule has 20 heavy (non-hydrogen) atoms. The highest BCUT2D eigenvalue weighted by Gasteiger charge is 2.16. The maximum atomic E-state index is 12.2. The summed E-state index contributed by atoms with van der Waals surface area (Å²) in [4.78, 5) is 14.6. The monoisotopic (exact) mass is 275 g/mol. The smallest absolute Gasteiger partial charge is 0.253 e. The van der Waals surface area contributed by atoms with E-state index in [-0.39, 0.29) is 5.91 Å². The Kier molecular flexibility index (Phi) is 5.01. The number of nitrogen functional groups attached to an aromatic ring is 1. The molecule has 1 amide bonds. The summed E-state index contributed by atoms with van der Waals surface area (Å²) >= 11 is 0. The van der Waals surface area contributed by atoms with Crippen LogP contribution in [-0.2, 0) is 0 Å². The number of nitrogens with two attached hydrogens (primary N) is 1. The van der Waals surface area contributed by atoms with Gasteiger partial charge in [0.15, 0.2) is 0 Å². The fourth-order valence-electron chi connectivity index (χ4n) is 2.70. The fourth-order valence-corrected chi connectivity index (χ4v) is 2.70. The molecule has 0 unspecified atom stereocenters. The van der Waals surface area contributed by atoms with Crippen molar-refractivity contribution in [3.63, 3.8) is 0 Å². The quantitative estimate of drug-likeness (QED) is 0.827. The van der Waals surface area contributed by atoms with E-state index in [4.69, 9.17) is 5.73 Å². The number of rotatable bonds is 4. The summed E-state index contributed by atoms with van der Waals surface area (Å²) in [7, 11) is 0. The van der Waals surface area contributed by atoms with Gasteiger partial charge in [0.1, 0.15) is 0 Å². The van der Waals surface area contributed by atoms with Gasteiger partial charge in [0.05, 0.1) is 5.56 Å².